The first-order valence-corrected chi connectivity index (χ1v) is 2.98. The number of halogens is 9. The average molecular weight is 247 g/mol. The van der Waals surface area contributed by atoms with Gasteiger partial charge in [0.15, 0.2) is 5.83 Å². The molecule has 0 fully saturated rings. The van der Waals surface area contributed by atoms with E-state index in [4.69, 9.17) is 0 Å². The third-order valence-electron chi connectivity index (χ3n) is 1.23. The molecule has 1 nitrogen and oxygen atoms in total. The van der Waals surface area contributed by atoms with Crippen LogP contribution in [0, 0.1) is 0 Å². The molecule has 0 aromatic carbocycles. The maximum atomic E-state index is 12.5. The molecule has 0 aromatic rings. The SMILES string of the molecule is C=C(F)C(F)(N(F)C(F)(F)F)C(F)(F)F. The summed E-state index contributed by atoms with van der Waals surface area (Å²) in [5.41, 5.74) is 0. The predicted octanol–water partition coefficient (Wildman–Crippen LogP) is 3.40. The van der Waals surface area contributed by atoms with Crippen molar-refractivity contribution >= 4 is 0 Å². The second-order valence-corrected chi connectivity index (χ2v) is 2.27. The molecule has 1 unspecified atom stereocenters. The molecule has 0 radical (unpaired) electrons. The molecule has 0 N–H and O–H groups in total. The van der Waals surface area contributed by atoms with Crippen molar-refractivity contribution in [3.05, 3.63) is 12.4 Å². The first kappa shape index (κ1) is 14.1. The van der Waals surface area contributed by atoms with Crippen molar-refractivity contribution < 1.29 is 39.6 Å². The molecule has 90 valence electrons. The minimum Gasteiger partial charge on any atom is -0.207 e. The number of nitrogens with zero attached hydrogens (tertiary/aromatic N) is 1. The van der Waals surface area contributed by atoms with Gasteiger partial charge < -0.3 is 0 Å². The number of rotatable bonds is 2. The molecule has 0 bridgehead atoms. The Morgan fingerprint density at radius 2 is 1.27 bits per heavy atom. The van der Waals surface area contributed by atoms with Crippen LogP contribution in [0.15, 0.2) is 12.4 Å². The number of hydrogen-bond acceptors (Lipinski definition) is 1. The summed E-state index contributed by atoms with van der Waals surface area (Å²) in [5, 5.41) is -3.23. The molecule has 15 heavy (non-hydrogen) atoms. The Morgan fingerprint density at radius 3 is 1.33 bits per heavy atom. The van der Waals surface area contributed by atoms with Crippen LogP contribution in [-0.4, -0.2) is 23.4 Å². The molecular weight excluding hydrogens is 245 g/mol. The van der Waals surface area contributed by atoms with Gasteiger partial charge in [-0.25, -0.2) is 8.78 Å². The van der Waals surface area contributed by atoms with E-state index in [-0.39, 0.29) is 0 Å². The molecule has 0 aliphatic heterocycles. The largest absolute Gasteiger partial charge is 0.490 e. The summed E-state index contributed by atoms with van der Waals surface area (Å²) in [6.07, 6.45) is -12.8. The predicted molar refractivity (Wildman–Crippen MR) is 29.1 cm³/mol. The summed E-state index contributed by atoms with van der Waals surface area (Å²) in [7, 11) is 0. The molecule has 10 heteroatoms. The van der Waals surface area contributed by atoms with Crippen molar-refractivity contribution in [2.75, 3.05) is 0 Å². The second kappa shape index (κ2) is 3.58. The summed E-state index contributed by atoms with van der Waals surface area (Å²) in [6.45, 7) is 1.68. The zero-order chi connectivity index (χ0) is 12.7. The molecular formula is C5H2F9N. The zero-order valence-corrected chi connectivity index (χ0v) is 6.56. The molecule has 0 aromatic heterocycles. The van der Waals surface area contributed by atoms with Crippen molar-refractivity contribution in [3.8, 4) is 0 Å². The fraction of sp³-hybridized carbons (Fsp3) is 0.600. The van der Waals surface area contributed by atoms with Crippen LogP contribution >= 0.6 is 0 Å². The lowest BCUT2D eigenvalue weighted by atomic mass is 10.2. The quantitative estimate of drug-likeness (QED) is 0.410. The average Bonchev–Trinajstić information content (AvgIpc) is 1.97. The monoisotopic (exact) mass is 247 g/mol. The fourth-order valence-electron chi connectivity index (χ4n) is 0.546. The zero-order valence-electron chi connectivity index (χ0n) is 6.56. The molecule has 0 saturated carbocycles. The highest BCUT2D eigenvalue weighted by atomic mass is 19.4. The van der Waals surface area contributed by atoms with Crippen LogP contribution in [0.2, 0.25) is 0 Å². The van der Waals surface area contributed by atoms with Crippen molar-refractivity contribution in [1.82, 2.24) is 5.12 Å². The summed E-state index contributed by atoms with van der Waals surface area (Å²) in [5.74, 6) is -9.10. The van der Waals surface area contributed by atoms with Crippen LogP contribution in [0.3, 0.4) is 0 Å². The Bertz CT molecular complexity index is 252. The van der Waals surface area contributed by atoms with Gasteiger partial charge in [-0.2, -0.15) is 26.3 Å². The Kier molecular flexibility index (Phi) is 3.36. The highest BCUT2D eigenvalue weighted by Gasteiger charge is 2.70. The maximum Gasteiger partial charge on any atom is 0.490 e. The van der Waals surface area contributed by atoms with E-state index < -0.39 is 29.2 Å². The molecule has 0 saturated heterocycles. The van der Waals surface area contributed by atoms with Gasteiger partial charge in [0.2, 0.25) is 0 Å². The summed E-state index contributed by atoms with van der Waals surface area (Å²) in [6, 6.07) is 0. The molecule has 0 aliphatic carbocycles. The highest BCUT2D eigenvalue weighted by molar-refractivity contribution is 5.07. The van der Waals surface area contributed by atoms with Crippen LogP contribution < -0.4 is 0 Å². The minimum absolute atomic E-state index is 1.68. The Balaban J connectivity index is 5.43. The van der Waals surface area contributed by atoms with E-state index in [1.165, 1.54) is 0 Å². The highest BCUT2D eigenvalue weighted by Crippen LogP contribution is 2.46. The van der Waals surface area contributed by atoms with E-state index in [0.29, 0.717) is 0 Å². The summed E-state index contributed by atoms with van der Waals surface area (Å²) < 4.78 is 106. The molecule has 0 amide bonds. The van der Waals surface area contributed by atoms with Gasteiger partial charge in [0.05, 0.1) is 0 Å². The lowest BCUT2D eigenvalue weighted by Gasteiger charge is -2.31. The molecule has 0 spiro atoms. The molecule has 0 rings (SSSR count). The van der Waals surface area contributed by atoms with E-state index >= 15 is 0 Å². The van der Waals surface area contributed by atoms with Gasteiger partial charge in [-0.1, -0.05) is 6.58 Å². The fourth-order valence-corrected chi connectivity index (χ4v) is 0.546. The van der Waals surface area contributed by atoms with Gasteiger partial charge in [-0.05, 0) is 0 Å². The lowest BCUT2D eigenvalue weighted by molar-refractivity contribution is -0.416. The normalized spacial score (nSPS) is 17.7. The van der Waals surface area contributed by atoms with Gasteiger partial charge in [-0.15, -0.1) is 4.48 Å². The van der Waals surface area contributed by atoms with E-state index in [9.17, 15) is 39.6 Å². The Labute approximate surface area is 76.7 Å². The van der Waals surface area contributed by atoms with Crippen LogP contribution in [0.25, 0.3) is 0 Å². The van der Waals surface area contributed by atoms with E-state index in [1.807, 2.05) is 0 Å². The third kappa shape index (κ3) is 2.36. The minimum atomic E-state index is -6.46. The maximum absolute atomic E-state index is 12.5. The van der Waals surface area contributed by atoms with Crippen LogP contribution in [0.4, 0.5) is 39.6 Å². The van der Waals surface area contributed by atoms with Crippen LogP contribution in [-0.2, 0) is 0 Å². The van der Waals surface area contributed by atoms with E-state index in [1.54, 1.807) is 6.58 Å². The molecule has 0 heterocycles. The van der Waals surface area contributed by atoms with Crippen molar-refractivity contribution in [2.45, 2.75) is 18.3 Å². The number of alkyl halides is 7. The lowest BCUT2D eigenvalue weighted by Crippen LogP contribution is -2.57. The Morgan fingerprint density at radius 1 is 0.933 bits per heavy atom. The standard InChI is InChI=1S/C5H2F9N/c1-2(6)3(7,4(8,9)10)15(14)5(11,12)13/h1H2. The van der Waals surface area contributed by atoms with Crippen LogP contribution in [0.1, 0.15) is 0 Å². The third-order valence-corrected chi connectivity index (χ3v) is 1.23. The first-order chi connectivity index (χ1) is 6.35. The summed E-state index contributed by atoms with van der Waals surface area (Å²) in [4.78, 5) is 0. The van der Waals surface area contributed by atoms with Gasteiger partial charge in [-0.3, -0.25) is 0 Å². The van der Waals surface area contributed by atoms with Crippen LogP contribution in [0.5, 0.6) is 0 Å². The first-order valence-electron chi connectivity index (χ1n) is 2.98. The van der Waals surface area contributed by atoms with Crippen molar-refractivity contribution in [2.24, 2.45) is 0 Å². The van der Waals surface area contributed by atoms with Gasteiger partial charge in [0.1, 0.15) is 0 Å². The topological polar surface area (TPSA) is 3.24 Å². The van der Waals surface area contributed by atoms with Crippen molar-refractivity contribution in [1.29, 1.82) is 0 Å². The molecule has 0 aliphatic rings. The molecule has 1 atom stereocenters. The summed E-state index contributed by atoms with van der Waals surface area (Å²) >= 11 is 0. The van der Waals surface area contributed by atoms with Gasteiger partial charge in [0, 0.05) is 5.12 Å². The second-order valence-electron chi connectivity index (χ2n) is 2.27. The van der Waals surface area contributed by atoms with E-state index in [0.717, 1.165) is 0 Å². The van der Waals surface area contributed by atoms with Gasteiger partial charge >= 0.3 is 18.3 Å². The smallest absolute Gasteiger partial charge is 0.207 e. The number of hydrogen-bond donors (Lipinski definition) is 0. The Hall–Kier alpha value is -0.930. The van der Waals surface area contributed by atoms with Crippen molar-refractivity contribution in [3.63, 3.8) is 0 Å². The van der Waals surface area contributed by atoms with E-state index in [2.05, 4.69) is 0 Å². The van der Waals surface area contributed by atoms with Gasteiger partial charge in [0.25, 0.3) is 0 Å².